The van der Waals surface area contributed by atoms with E-state index in [-0.39, 0.29) is 6.54 Å². The van der Waals surface area contributed by atoms with Crippen molar-refractivity contribution >= 4 is 10.0 Å². The zero-order valence-corrected chi connectivity index (χ0v) is 11.3. The molecule has 0 bridgehead atoms. The molecule has 0 aliphatic heterocycles. The molecule has 18 heavy (non-hydrogen) atoms. The van der Waals surface area contributed by atoms with Crippen molar-refractivity contribution in [1.82, 2.24) is 4.31 Å². The fourth-order valence-electron chi connectivity index (χ4n) is 1.81. The largest absolute Gasteiger partial charge is 0.405 e. The fraction of sp³-hybridized carbons (Fsp3) is 1.00. The first-order chi connectivity index (χ1) is 8.12. The van der Waals surface area contributed by atoms with E-state index in [1.165, 1.54) is 13.8 Å². The quantitative estimate of drug-likeness (QED) is 0.805. The van der Waals surface area contributed by atoms with Crippen LogP contribution in [0.25, 0.3) is 0 Å². The molecule has 1 aliphatic carbocycles. The van der Waals surface area contributed by atoms with Crippen molar-refractivity contribution in [3.63, 3.8) is 0 Å². The molecule has 0 amide bonds. The van der Waals surface area contributed by atoms with Crippen LogP contribution in [0.15, 0.2) is 0 Å². The van der Waals surface area contributed by atoms with Gasteiger partial charge in [-0.25, -0.2) is 8.42 Å². The van der Waals surface area contributed by atoms with E-state index in [0.717, 1.165) is 0 Å². The van der Waals surface area contributed by atoms with E-state index in [2.05, 4.69) is 0 Å². The highest BCUT2D eigenvalue weighted by molar-refractivity contribution is 7.89. The van der Waals surface area contributed by atoms with Gasteiger partial charge in [-0.1, -0.05) is 0 Å². The Hall–Kier alpha value is -0.340. The Morgan fingerprint density at radius 2 is 1.83 bits per heavy atom. The van der Waals surface area contributed by atoms with Gasteiger partial charge < -0.3 is 5.73 Å². The van der Waals surface area contributed by atoms with Gasteiger partial charge in [0.05, 0.1) is 5.25 Å². The highest BCUT2D eigenvalue weighted by Crippen LogP contribution is 2.38. The normalized spacial score (nSPS) is 19.6. The van der Waals surface area contributed by atoms with Gasteiger partial charge in [-0.05, 0) is 39.7 Å². The molecule has 0 aromatic rings. The molecule has 2 N–H and O–H groups in total. The molecular weight excluding hydrogens is 269 g/mol. The van der Waals surface area contributed by atoms with E-state index in [4.69, 9.17) is 5.73 Å². The van der Waals surface area contributed by atoms with Gasteiger partial charge in [0.15, 0.2) is 0 Å². The lowest BCUT2D eigenvalue weighted by Crippen LogP contribution is -2.52. The molecule has 108 valence electrons. The Balaban J connectivity index is 3.10. The summed E-state index contributed by atoms with van der Waals surface area (Å²) in [4.78, 5) is 0. The van der Waals surface area contributed by atoms with E-state index >= 15 is 0 Å². The monoisotopic (exact) mass is 288 g/mol. The predicted octanol–water partition coefficient (Wildman–Crippen LogP) is 1.47. The van der Waals surface area contributed by atoms with Gasteiger partial charge in [0.25, 0.3) is 0 Å². The number of nitrogens with zero attached hydrogens (tertiary/aromatic N) is 1. The second-order valence-electron chi connectivity index (χ2n) is 4.79. The number of alkyl halides is 3. The maximum Gasteiger partial charge on any atom is 0.405 e. The number of nitrogens with two attached hydrogens (primary N) is 1. The van der Waals surface area contributed by atoms with Crippen LogP contribution in [-0.4, -0.2) is 42.8 Å². The summed E-state index contributed by atoms with van der Waals surface area (Å²) in [7, 11) is -3.92. The first-order valence-electron chi connectivity index (χ1n) is 5.91. The average Bonchev–Trinajstić information content (AvgIpc) is 2.99. The third-order valence-electron chi connectivity index (χ3n) is 2.92. The van der Waals surface area contributed by atoms with Gasteiger partial charge >= 0.3 is 6.18 Å². The minimum absolute atomic E-state index is 0.193. The van der Waals surface area contributed by atoms with E-state index in [9.17, 15) is 21.6 Å². The van der Waals surface area contributed by atoms with Crippen LogP contribution in [0.4, 0.5) is 13.2 Å². The first kappa shape index (κ1) is 15.7. The Bertz CT molecular complexity index is 377. The summed E-state index contributed by atoms with van der Waals surface area (Å²) in [6.07, 6.45) is -4.00. The van der Waals surface area contributed by atoms with Gasteiger partial charge in [0.1, 0.15) is 6.04 Å². The molecule has 1 fully saturated rings. The highest BCUT2D eigenvalue weighted by atomic mass is 32.2. The average molecular weight is 288 g/mol. The summed E-state index contributed by atoms with van der Waals surface area (Å²) in [5.41, 5.74) is 5.18. The van der Waals surface area contributed by atoms with Crippen LogP contribution in [0.2, 0.25) is 0 Å². The van der Waals surface area contributed by atoms with Gasteiger partial charge in [-0.15, -0.1) is 0 Å². The highest BCUT2D eigenvalue weighted by Gasteiger charge is 2.52. The first-order valence-corrected chi connectivity index (χ1v) is 7.41. The molecule has 0 spiro atoms. The standard InChI is InChI=1S/C10H19F3N2O2S/c1-7(2)18(16,17)15(8-3-4-8)9(5-6-14)10(11,12)13/h7-9H,3-6,14H2,1-2H3. The van der Waals surface area contributed by atoms with E-state index < -0.39 is 40.0 Å². The summed E-state index contributed by atoms with van der Waals surface area (Å²) >= 11 is 0. The summed E-state index contributed by atoms with van der Waals surface area (Å²) in [6, 6.07) is -2.52. The molecule has 1 rings (SSSR count). The van der Waals surface area contributed by atoms with Gasteiger partial charge in [-0.2, -0.15) is 17.5 Å². The molecule has 0 saturated heterocycles. The Kier molecular flexibility index (Phi) is 4.66. The second-order valence-corrected chi connectivity index (χ2v) is 7.18. The minimum Gasteiger partial charge on any atom is -0.330 e. The van der Waals surface area contributed by atoms with Crippen molar-refractivity contribution < 1.29 is 21.6 Å². The topological polar surface area (TPSA) is 63.4 Å². The van der Waals surface area contributed by atoms with E-state index in [0.29, 0.717) is 17.1 Å². The third kappa shape index (κ3) is 3.36. The van der Waals surface area contributed by atoms with Crippen LogP contribution < -0.4 is 5.73 Å². The maximum atomic E-state index is 13.0. The van der Waals surface area contributed by atoms with E-state index in [1.54, 1.807) is 0 Å². The zero-order valence-electron chi connectivity index (χ0n) is 10.4. The Labute approximate surface area is 105 Å². The SMILES string of the molecule is CC(C)S(=O)(=O)N(C1CC1)C(CCN)C(F)(F)F. The number of halogens is 3. The lowest BCUT2D eigenvalue weighted by atomic mass is 10.2. The molecule has 0 heterocycles. The van der Waals surface area contributed by atoms with E-state index in [1.807, 2.05) is 0 Å². The fourth-order valence-corrected chi connectivity index (χ4v) is 3.50. The molecule has 8 heteroatoms. The molecule has 1 saturated carbocycles. The second kappa shape index (κ2) is 5.34. The van der Waals surface area contributed by atoms with Crippen LogP contribution in [0.1, 0.15) is 33.1 Å². The number of sulfonamides is 1. The van der Waals surface area contributed by atoms with Crippen molar-refractivity contribution in [2.24, 2.45) is 5.73 Å². The number of hydrogen-bond acceptors (Lipinski definition) is 3. The molecule has 1 aliphatic rings. The Morgan fingerprint density at radius 1 is 1.33 bits per heavy atom. The van der Waals surface area contributed by atoms with Crippen molar-refractivity contribution in [1.29, 1.82) is 0 Å². The van der Waals surface area contributed by atoms with Crippen molar-refractivity contribution in [3.8, 4) is 0 Å². The lowest BCUT2D eigenvalue weighted by Gasteiger charge is -2.33. The molecule has 0 aromatic carbocycles. The molecule has 1 atom stereocenters. The van der Waals surface area contributed by atoms with Crippen LogP contribution in [0.3, 0.4) is 0 Å². The summed E-state index contributed by atoms with van der Waals surface area (Å²) in [5.74, 6) is 0. The molecule has 0 radical (unpaired) electrons. The van der Waals surface area contributed by atoms with Gasteiger partial charge in [0, 0.05) is 6.04 Å². The van der Waals surface area contributed by atoms with Crippen molar-refractivity contribution in [2.75, 3.05) is 6.54 Å². The Morgan fingerprint density at radius 3 is 2.11 bits per heavy atom. The van der Waals surface area contributed by atoms with Crippen LogP contribution in [0, 0.1) is 0 Å². The van der Waals surface area contributed by atoms with Crippen LogP contribution in [0.5, 0.6) is 0 Å². The summed E-state index contributed by atoms with van der Waals surface area (Å²) < 4.78 is 63.7. The molecule has 4 nitrogen and oxygen atoms in total. The number of rotatable bonds is 6. The zero-order chi connectivity index (χ0) is 14.1. The summed E-state index contributed by atoms with van der Waals surface area (Å²) in [5, 5.41) is -0.860. The molecule has 1 unspecified atom stereocenters. The lowest BCUT2D eigenvalue weighted by molar-refractivity contribution is -0.173. The molecule has 0 aromatic heterocycles. The maximum absolute atomic E-state index is 13.0. The van der Waals surface area contributed by atoms with Crippen molar-refractivity contribution in [3.05, 3.63) is 0 Å². The third-order valence-corrected chi connectivity index (χ3v) is 5.25. The van der Waals surface area contributed by atoms with Gasteiger partial charge in [0.2, 0.25) is 10.0 Å². The minimum atomic E-state index is -4.58. The van der Waals surface area contributed by atoms with Gasteiger partial charge in [-0.3, -0.25) is 0 Å². The van der Waals surface area contributed by atoms with Crippen LogP contribution >= 0.6 is 0 Å². The summed E-state index contributed by atoms with van der Waals surface area (Å²) in [6.45, 7) is 2.59. The molecular formula is C10H19F3N2O2S. The number of hydrogen-bond donors (Lipinski definition) is 1. The predicted molar refractivity (Wildman–Crippen MR) is 62.4 cm³/mol. The smallest absolute Gasteiger partial charge is 0.330 e. The van der Waals surface area contributed by atoms with Crippen LogP contribution in [-0.2, 0) is 10.0 Å². The van der Waals surface area contributed by atoms with Crippen molar-refractivity contribution in [2.45, 2.75) is 56.6 Å².